The molecular weight excluding hydrogens is 304 g/mol. The van der Waals surface area contributed by atoms with Gasteiger partial charge in [-0.15, -0.1) is 0 Å². The molecule has 0 aromatic carbocycles. The average Bonchev–Trinajstić information content (AvgIpc) is 3.16. The highest BCUT2D eigenvalue weighted by atomic mass is 16.2. The Hall–Kier alpha value is -2.11. The lowest BCUT2D eigenvalue weighted by molar-refractivity contribution is -0.126. The van der Waals surface area contributed by atoms with Crippen molar-refractivity contribution in [3.63, 3.8) is 0 Å². The minimum absolute atomic E-state index is 0.0600. The second-order valence-corrected chi connectivity index (χ2v) is 6.62. The standard InChI is InChI=1S/C18H26N4O2/c23-17(20-10-8-16-7-1-2-9-19-16)15-6-5-13-22(14-15)18(24)21-11-3-4-12-21/h1-2,7,9,15H,3-6,8,10-14H2,(H,20,23). The first-order chi connectivity index (χ1) is 11.7. The number of aromatic nitrogens is 1. The molecule has 1 N–H and O–H groups in total. The summed E-state index contributed by atoms with van der Waals surface area (Å²) in [6.07, 6.45) is 6.45. The maximum Gasteiger partial charge on any atom is 0.320 e. The number of piperidine rings is 1. The molecule has 130 valence electrons. The van der Waals surface area contributed by atoms with Gasteiger partial charge in [-0.05, 0) is 37.8 Å². The molecule has 0 aliphatic carbocycles. The van der Waals surface area contributed by atoms with Crippen LogP contribution < -0.4 is 5.32 Å². The number of carbonyl (C=O) groups is 2. The van der Waals surface area contributed by atoms with E-state index in [9.17, 15) is 9.59 Å². The molecule has 3 rings (SSSR count). The first-order valence-corrected chi connectivity index (χ1v) is 8.95. The molecule has 24 heavy (non-hydrogen) atoms. The molecule has 6 nitrogen and oxygen atoms in total. The van der Waals surface area contributed by atoms with Gasteiger partial charge in [0, 0.05) is 51.0 Å². The summed E-state index contributed by atoms with van der Waals surface area (Å²) in [5, 5.41) is 3.00. The SMILES string of the molecule is O=C(NCCc1ccccn1)C1CCCN(C(=O)N2CCCC2)C1. The fourth-order valence-corrected chi connectivity index (χ4v) is 3.48. The van der Waals surface area contributed by atoms with E-state index in [1.807, 2.05) is 28.0 Å². The molecule has 0 saturated carbocycles. The Kier molecular flexibility index (Phi) is 5.67. The van der Waals surface area contributed by atoms with Crippen molar-refractivity contribution in [2.45, 2.75) is 32.1 Å². The van der Waals surface area contributed by atoms with Gasteiger partial charge >= 0.3 is 6.03 Å². The van der Waals surface area contributed by atoms with Gasteiger partial charge in [0.15, 0.2) is 0 Å². The minimum atomic E-state index is -0.0889. The molecule has 2 saturated heterocycles. The van der Waals surface area contributed by atoms with E-state index in [2.05, 4.69) is 10.3 Å². The molecule has 2 aliphatic rings. The van der Waals surface area contributed by atoms with Crippen LogP contribution in [0.1, 0.15) is 31.4 Å². The van der Waals surface area contributed by atoms with Crippen molar-refractivity contribution in [2.24, 2.45) is 5.92 Å². The summed E-state index contributed by atoms with van der Waals surface area (Å²) in [6, 6.07) is 5.91. The zero-order valence-corrected chi connectivity index (χ0v) is 14.1. The van der Waals surface area contributed by atoms with E-state index in [-0.39, 0.29) is 17.9 Å². The number of nitrogens with one attached hydrogen (secondary N) is 1. The van der Waals surface area contributed by atoms with Gasteiger partial charge < -0.3 is 15.1 Å². The number of urea groups is 1. The van der Waals surface area contributed by atoms with Crippen LogP contribution in [0, 0.1) is 5.92 Å². The number of hydrogen-bond acceptors (Lipinski definition) is 3. The summed E-state index contributed by atoms with van der Waals surface area (Å²) in [5.41, 5.74) is 0.979. The van der Waals surface area contributed by atoms with Gasteiger partial charge in [0.05, 0.1) is 5.92 Å². The second kappa shape index (κ2) is 8.13. The van der Waals surface area contributed by atoms with Crippen molar-refractivity contribution in [3.05, 3.63) is 30.1 Å². The fraction of sp³-hybridized carbons (Fsp3) is 0.611. The lowest BCUT2D eigenvalue weighted by Gasteiger charge is -2.34. The number of nitrogens with zero attached hydrogens (tertiary/aromatic N) is 3. The molecule has 1 aromatic rings. The van der Waals surface area contributed by atoms with Crippen LogP contribution in [0.3, 0.4) is 0 Å². The van der Waals surface area contributed by atoms with Gasteiger partial charge in [0.1, 0.15) is 0 Å². The van der Waals surface area contributed by atoms with E-state index >= 15 is 0 Å². The summed E-state index contributed by atoms with van der Waals surface area (Å²) in [5.74, 6) is -0.0288. The zero-order valence-electron chi connectivity index (χ0n) is 14.1. The molecule has 6 heteroatoms. The Morgan fingerprint density at radius 3 is 2.67 bits per heavy atom. The highest BCUT2D eigenvalue weighted by molar-refractivity contribution is 5.81. The maximum atomic E-state index is 12.5. The lowest BCUT2D eigenvalue weighted by atomic mass is 9.97. The quantitative estimate of drug-likeness (QED) is 0.913. The van der Waals surface area contributed by atoms with Gasteiger partial charge in [0.25, 0.3) is 0 Å². The average molecular weight is 330 g/mol. The smallest absolute Gasteiger partial charge is 0.320 e. The molecular formula is C18H26N4O2. The lowest BCUT2D eigenvalue weighted by Crippen LogP contribution is -2.49. The van der Waals surface area contributed by atoms with Crippen molar-refractivity contribution in [1.82, 2.24) is 20.1 Å². The van der Waals surface area contributed by atoms with Gasteiger partial charge in [-0.3, -0.25) is 9.78 Å². The second-order valence-electron chi connectivity index (χ2n) is 6.62. The Morgan fingerprint density at radius 2 is 1.92 bits per heavy atom. The van der Waals surface area contributed by atoms with Crippen LogP contribution in [0.5, 0.6) is 0 Å². The van der Waals surface area contributed by atoms with Gasteiger partial charge in [-0.2, -0.15) is 0 Å². The third-order valence-electron chi connectivity index (χ3n) is 4.85. The van der Waals surface area contributed by atoms with E-state index in [0.717, 1.165) is 57.4 Å². The molecule has 2 fully saturated rings. The number of carbonyl (C=O) groups excluding carboxylic acids is 2. The summed E-state index contributed by atoms with van der Waals surface area (Å²) < 4.78 is 0. The summed E-state index contributed by atoms with van der Waals surface area (Å²) in [4.78, 5) is 32.9. The van der Waals surface area contributed by atoms with Crippen LogP contribution in [0.25, 0.3) is 0 Å². The van der Waals surface area contributed by atoms with Crippen LogP contribution >= 0.6 is 0 Å². The number of likely N-dealkylation sites (tertiary alicyclic amines) is 2. The van der Waals surface area contributed by atoms with E-state index < -0.39 is 0 Å². The Labute approximate surface area is 143 Å². The van der Waals surface area contributed by atoms with Crippen molar-refractivity contribution in [3.8, 4) is 0 Å². The molecule has 3 heterocycles. The van der Waals surface area contributed by atoms with Crippen LogP contribution in [0.15, 0.2) is 24.4 Å². The Balaban J connectivity index is 1.45. The van der Waals surface area contributed by atoms with Gasteiger partial charge in [-0.1, -0.05) is 6.07 Å². The highest BCUT2D eigenvalue weighted by Gasteiger charge is 2.31. The molecule has 0 bridgehead atoms. The minimum Gasteiger partial charge on any atom is -0.355 e. The van der Waals surface area contributed by atoms with Crippen LogP contribution in [0.4, 0.5) is 4.79 Å². The molecule has 3 amide bonds. The van der Waals surface area contributed by atoms with Crippen molar-refractivity contribution in [2.75, 3.05) is 32.7 Å². The highest BCUT2D eigenvalue weighted by Crippen LogP contribution is 2.19. The number of pyridine rings is 1. The van der Waals surface area contributed by atoms with Crippen LogP contribution in [-0.2, 0) is 11.2 Å². The van der Waals surface area contributed by atoms with Crippen LogP contribution in [-0.4, -0.2) is 59.4 Å². The summed E-state index contributed by atoms with van der Waals surface area (Å²) in [7, 11) is 0. The molecule has 0 spiro atoms. The monoisotopic (exact) mass is 330 g/mol. The van der Waals surface area contributed by atoms with E-state index in [1.165, 1.54) is 0 Å². The predicted octanol–water partition coefficient (Wildman–Crippen LogP) is 1.67. The Bertz CT molecular complexity index is 557. The largest absolute Gasteiger partial charge is 0.355 e. The van der Waals surface area contributed by atoms with Gasteiger partial charge in [0.2, 0.25) is 5.91 Å². The van der Waals surface area contributed by atoms with E-state index in [0.29, 0.717) is 13.1 Å². The third-order valence-corrected chi connectivity index (χ3v) is 4.85. The topological polar surface area (TPSA) is 65.5 Å². The maximum absolute atomic E-state index is 12.5. The molecule has 1 unspecified atom stereocenters. The number of rotatable bonds is 4. The zero-order chi connectivity index (χ0) is 16.8. The molecule has 0 radical (unpaired) electrons. The summed E-state index contributed by atoms with van der Waals surface area (Å²) >= 11 is 0. The van der Waals surface area contributed by atoms with Crippen molar-refractivity contribution >= 4 is 11.9 Å². The summed E-state index contributed by atoms with van der Waals surface area (Å²) in [6.45, 7) is 3.62. The molecule has 1 atom stereocenters. The van der Waals surface area contributed by atoms with E-state index in [1.54, 1.807) is 6.20 Å². The van der Waals surface area contributed by atoms with E-state index in [4.69, 9.17) is 0 Å². The predicted molar refractivity (Wildman–Crippen MR) is 91.5 cm³/mol. The van der Waals surface area contributed by atoms with Crippen molar-refractivity contribution < 1.29 is 9.59 Å². The molecule has 2 aliphatic heterocycles. The van der Waals surface area contributed by atoms with Crippen LogP contribution in [0.2, 0.25) is 0 Å². The first-order valence-electron chi connectivity index (χ1n) is 8.95. The van der Waals surface area contributed by atoms with Crippen molar-refractivity contribution in [1.29, 1.82) is 0 Å². The first kappa shape index (κ1) is 16.7. The normalized spacial score (nSPS) is 20.9. The number of amides is 3. The fourth-order valence-electron chi connectivity index (χ4n) is 3.48. The molecule has 1 aromatic heterocycles. The number of hydrogen-bond donors (Lipinski definition) is 1. The van der Waals surface area contributed by atoms with Gasteiger partial charge in [-0.25, -0.2) is 4.79 Å². The Morgan fingerprint density at radius 1 is 1.12 bits per heavy atom. The third kappa shape index (κ3) is 4.24.